The lowest BCUT2D eigenvalue weighted by atomic mass is 9.93. The molecule has 1 aromatic heterocycles. The monoisotopic (exact) mass is 438 g/mol. The van der Waals surface area contributed by atoms with Gasteiger partial charge in [0.05, 0.1) is 10.5 Å². The lowest BCUT2D eigenvalue weighted by Crippen LogP contribution is -2.22. The number of anilines is 2. The molecule has 1 aliphatic rings. The van der Waals surface area contributed by atoms with E-state index in [2.05, 4.69) is 41.6 Å². The van der Waals surface area contributed by atoms with Crippen LogP contribution in [0.4, 0.5) is 11.6 Å². The highest BCUT2D eigenvalue weighted by atomic mass is 35.5. The number of nitrogens with one attached hydrogen (secondary N) is 1. The number of aromatic nitrogens is 2. The summed E-state index contributed by atoms with van der Waals surface area (Å²) in [5, 5.41) is 3.41. The van der Waals surface area contributed by atoms with Crippen molar-refractivity contribution in [3.63, 3.8) is 0 Å². The van der Waals surface area contributed by atoms with Crippen molar-refractivity contribution in [3.05, 3.63) is 52.0 Å². The van der Waals surface area contributed by atoms with E-state index in [1.807, 2.05) is 24.3 Å². The summed E-state index contributed by atoms with van der Waals surface area (Å²) in [4.78, 5) is 19.4. The highest BCUT2D eigenvalue weighted by molar-refractivity contribution is 6.35. The lowest BCUT2D eigenvalue weighted by molar-refractivity contribution is 0.0963. The van der Waals surface area contributed by atoms with Crippen LogP contribution in [0.15, 0.2) is 30.3 Å². The molecule has 4 rings (SSSR count). The van der Waals surface area contributed by atoms with Gasteiger partial charge in [0.2, 0.25) is 5.95 Å². The van der Waals surface area contributed by atoms with Crippen molar-refractivity contribution in [3.8, 4) is 0 Å². The number of rotatable bonds is 5. The van der Waals surface area contributed by atoms with E-state index >= 15 is 0 Å². The maximum Gasteiger partial charge on any atom is 0.251 e. The maximum absolute atomic E-state index is 12.1. The van der Waals surface area contributed by atoms with Crippen molar-refractivity contribution < 1.29 is 4.79 Å². The van der Waals surface area contributed by atoms with Gasteiger partial charge >= 0.3 is 0 Å². The van der Waals surface area contributed by atoms with Gasteiger partial charge in [0, 0.05) is 31.4 Å². The third-order valence-electron chi connectivity index (χ3n) is 6.51. The van der Waals surface area contributed by atoms with Crippen LogP contribution in [0.5, 0.6) is 0 Å². The Labute approximate surface area is 189 Å². The number of aryl methyl sites for hydroxylation is 2. The van der Waals surface area contributed by atoms with E-state index in [1.54, 1.807) is 7.05 Å². The summed E-state index contributed by atoms with van der Waals surface area (Å²) in [6.07, 6.45) is 4.37. The fourth-order valence-corrected chi connectivity index (χ4v) is 5.00. The summed E-state index contributed by atoms with van der Waals surface area (Å²) in [5.74, 6) is 1.37. The van der Waals surface area contributed by atoms with Crippen LogP contribution < -0.4 is 10.2 Å². The van der Waals surface area contributed by atoms with Crippen LogP contribution in [0, 0.1) is 6.92 Å². The third-order valence-corrected chi connectivity index (χ3v) is 6.82. The van der Waals surface area contributed by atoms with E-state index in [1.165, 1.54) is 11.1 Å². The number of carbonyl (C=O) groups is 1. The zero-order valence-corrected chi connectivity index (χ0v) is 19.6. The molecular weight excluding hydrogens is 408 g/mol. The van der Waals surface area contributed by atoms with Gasteiger partial charge in [-0.2, -0.15) is 0 Å². The average Bonchev–Trinajstić information content (AvgIpc) is 3.04. The van der Waals surface area contributed by atoms with Crippen LogP contribution in [0.1, 0.15) is 66.9 Å². The highest BCUT2D eigenvalue weighted by Gasteiger charge is 2.26. The molecule has 1 N–H and O–H groups in total. The van der Waals surface area contributed by atoms with E-state index in [9.17, 15) is 4.79 Å². The van der Waals surface area contributed by atoms with Gasteiger partial charge < -0.3 is 14.8 Å². The second-order valence-electron chi connectivity index (χ2n) is 8.35. The summed E-state index contributed by atoms with van der Waals surface area (Å²) in [6.45, 7) is 8.38. The first kappa shape index (κ1) is 21.7. The Kier molecular flexibility index (Phi) is 6.24. The lowest BCUT2D eigenvalue weighted by Gasteiger charge is -2.24. The van der Waals surface area contributed by atoms with Gasteiger partial charge in [0.25, 0.3) is 5.91 Å². The molecule has 0 atom stereocenters. The molecule has 2 aromatic carbocycles. The van der Waals surface area contributed by atoms with Gasteiger partial charge in [-0.05, 0) is 73.9 Å². The summed E-state index contributed by atoms with van der Waals surface area (Å²) in [7, 11) is 1.66. The maximum atomic E-state index is 12.1. The van der Waals surface area contributed by atoms with Gasteiger partial charge in [0.1, 0.15) is 5.52 Å². The zero-order chi connectivity index (χ0) is 22.1. The molecular formula is C25H31ClN4O. The minimum absolute atomic E-state index is 0.0700. The Morgan fingerprint density at radius 3 is 2.58 bits per heavy atom. The molecule has 0 radical (unpaired) electrons. The molecule has 3 aromatic rings. The zero-order valence-electron chi connectivity index (χ0n) is 18.8. The highest BCUT2D eigenvalue weighted by Crippen LogP contribution is 2.39. The Bertz CT molecular complexity index is 1120. The van der Waals surface area contributed by atoms with Crippen molar-refractivity contribution in [2.24, 2.45) is 0 Å². The molecule has 1 aliphatic heterocycles. The number of imidazole rings is 1. The normalized spacial score (nSPS) is 14.1. The third kappa shape index (κ3) is 3.80. The fraction of sp³-hybridized carbons (Fsp3) is 0.440. The minimum atomic E-state index is -0.0700. The van der Waals surface area contributed by atoms with Crippen LogP contribution >= 0.6 is 11.6 Å². The number of hydrogen-bond donors (Lipinski definition) is 1. The van der Waals surface area contributed by atoms with Crippen molar-refractivity contribution >= 4 is 40.2 Å². The molecule has 0 spiro atoms. The number of carbonyl (C=O) groups excluding carboxylic acids is 1. The minimum Gasteiger partial charge on any atom is -0.355 e. The van der Waals surface area contributed by atoms with E-state index < -0.39 is 0 Å². The van der Waals surface area contributed by atoms with Gasteiger partial charge in [-0.25, -0.2) is 4.98 Å². The SMILES string of the molecule is CCC(CC)c1ccc(Cl)c2nc3n(c12)CCCCN3c1ccc(C(=O)NC)cc1C. The molecule has 0 unspecified atom stereocenters. The number of fused-ring (bicyclic) bond motifs is 3. The first-order valence-electron chi connectivity index (χ1n) is 11.3. The van der Waals surface area contributed by atoms with Crippen LogP contribution in [0.2, 0.25) is 5.02 Å². The molecule has 0 bridgehead atoms. The van der Waals surface area contributed by atoms with E-state index in [0.29, 0.717) is 16.5 Å². The first-order valence-corrected chi connectivity index (χ1v) is 11.7. The first-order chi connectivity index (χ1) is 15.0. The molecule has 0 fully saturated rings. The number of nitrogens with zero attached hydrogens (tertiary/aromatic N) is 3. The second kappa shape index (κ2) is 8.91. The molecule has 0 saturated carbocycles. The molecule has 5 nitrogen and oxygen atoms in total. The summed E-state index contributed by atoms with van der Waals surface area (Å²) >= 11 is 6.64. The van der Waals surface area contributed by atoms with Crippen LogP contribution in [0.25, 0.3) is 11.0 Å². The largest absolute Gasteiger partial charge is 0.355 e. The molecule has 0 aliphatic carbocycles. The number of hydrogen-bond acceptors (Lipinski definition) is 3. The predicted molar refractivity (Wildman–Crippen MR) is 129 cm³/mol. The van der Waals surface area contributed by atoms with Gasteiger partial charge in [-0.3, -0.25) is 4.79 Å². The fourth-order valence-electron chi connectivity index (χ4n) is 4.81. The predicted octanol–water partition coefficient (Wildman–Crippen LogP) is 6.19. The van der Waals surface area contributed by atoms with Crippen LogP contribution in [0.3, 0.4) is 0 Å². The van der Waals surface area contributed by atoms with Gasteiger partial charge in [-0.15, -0.1) is 0 Å². The van der Waals surface area contributed by atoms with Crippen molar-refractivity contribution in [1.82, 2.24) is 14.9 Å². The Balaban J connectivity index is 1.90. The molecule has 6 heteroatoms. The second-order valence-corrected chi connectivity index (χ2v) is 8.76. The smallest absolute Gasteiger partial charge is 0.251 e. The van der Waals surface area contributed by atoms with Crippen molar-refractivity contribution in [1.29, 1.82) is 0 Å². The van der Waals surface area contributed by atoms with Crippen molar-refractivity contribution in [2.75, 3.05) is 18.5 Å². The number of halogens is 1. The molecule has 1 amide bonds. The average molecular weight is 439 g/mol. The molecule has 2 heterocycles. The summed E-state index contributed by atoms with van der Waals surface area (Å²) < 4.78 is 2.37. The molecule has 164 valence electrons. The topological polar surface area (TPSA) is 50.2 Å². The Morgan fingerprint density at radius 2 is 1.90 bits per heavy atom. The number of benzene rings is 2. The van der Waals surface area contributed by atoms with Gasteiger partial charge in [0.15, 0.2) is 0 Å². The standard InChI is InChI=1S/C25H31ClN4O/c1-5-17(6-2)19-10-11-20(26)22-23(19)30-14-8-7-13-29(25(30)28-22)21-12-9-18(15-16(21)3)24(31)27-4/h9-12,15,17H,5-8,13-14H2,1-4H3,(H,27,31). The molecule has 0 saturated heterocycles. The Hall–Kier alpha value is -2.53. The van der Waals surface area contributed by atoms with Crippen LogP contribution in [-0.4, -0.2) is 29.1 Å². The summed E-state index contributed by atoms with van der Waals surface area (Å²) in [6, 6.07) is 10.1. The van der Waals surface area contributed by atoms with E-state index in [4.69, 9.17) is 16.6 Å². The van der Waals surface area contributed by atoms with E-state index in [-0.39, 0.29) is 5.91 Å². The van der Waals surface area contributed by atoms with Crippen molar-refractivity contribution in [2.45, 2.75) is 58.9 Å². The van der Waals surface area contributed by atoms with E-state index in [0.717, 1.165) is 61.5 Å². The van der Waals surface area contributed by atoms with Crippen LogP contribution in [-0.2, 0) is 6.54 Å². The number of amides is 1. The summed E-state index contributed by atoms with van der Waals surface area (Å²) in [5.41, 5.74) is 6.25. The quantitative estimate of drug-likeness (QED) is 0.516. The molecule has 31 heavy (non-hydrogen) atoms. The van der Waals surface area contributed by atoms with Gasteiger partial charge in [-0.1, -0.05) is 31.5 Å². The Morgan fingerprint density at radius 1 is 1.16 bits per heavy atom.